The molecule has 180 valence electrons. The fourth-order valence-electron chi connectivity index (χ4n) is 4.32. The Bertz CT molecular complexity index is 1390. The number of sulfonamides is 1. The quantitative estimate of drug-likeness (QED) is 0.532. The Labute approximate surface area is 204 Å². The number of hydrogen-bond donors (Lipinski definition) is 1. The normalized spacial score (nSPS) is 16.9. The molecular weight excluding hydrogens is 466 g/mol. The summed E-state index contributed by atoms with van der Waals surface area (Å²) in [5.41, 5.74) is 2.25. The van der Waals surface area contributed by atoms with Crippen LogP contribution in [0.5, 0.6) is 0 Å². The minimum Gasteiger partial charge on any atom is -0.319 e. The number of aryl methyl sites for hydroxylation is 1. The van der Waals surface area contributed by atoms with Crippen LogP contribution in [0.15, 0.2) is 83.8 Å². The van der Waals surface area contributed by atoms with Crippen molar-refractivity contribution in [2.24, 2.45) is 5.14 Å². The van der Waals surface area contributed by atoms with Gasteiger partial charge in [0, 0.05) is 5.56 Å². The Morgan fingerprint density at radius 1 is 0.971 bits per heavy atom. The molecule has 1 heterocycles. The predicted octanol–water partition coefficient (Wildman–Crippen LogP) is 3.18. The zero-order valence-electron chi connectivity index (χ0n) is 19.3. The van der Waals surface area contributed by atoms with Gasteiger partial charge in [0.05, 0.1) is 23.0 Å². The number of anilines is 1. The van der Waals surface area contributed by atoms with Crippen molar-refractivity contribution < 1.29 is 22.8 Å². The minimum absolute atomic E-state index is 0.133. The van der Waals surface area contributed by atoms with Gasteiger partial charge in [0.2, 0.25) is 15.9 Å². The third-order valence-electron chi connectivity index (χ3n) is 6.19. The van der Waals surface area contributed by atoms with E-state index in [2.05, 4.69) is 0 Å². The highest BCUT2D eigenvalue weighted by Gasteiger charge is 2.46. The Balaban J connectivity index is 1.73. The van der Waals surface area contributed by atoms with Crippen molar-refractivity contribution in [2.75, 3.05) is 4.90 Å². The number of nitrogens with zero attached hydrogens (tertiary/aromatic N) is 2. The molecule has 2 unspecified atom stereocenters. The van der Waals surface area contributed by atoms with Gasteiger partial charge in [-0.15, -0.1) is 0 Å². The summed E-state index contributed by atoms with van der Waals surface area (Å²) in [7, 11) is -3.92. The smallest absolute Gasteiger partial charge is 0.257 e. The van der Waals surface area contributed by atoms with Gasteiger partial charge in [0.1, 0.15) is 6.04 Å². The summed E-state index contributed by atoms with van der Waals surface area (Å²) < 4.78 is 23.1. The minimum atomic E-state index is -3.92. The third kappa shape index (κ3) is 4.73. The van der Waals surface area contributed by atoms with Gasteiger partial charge >= 0.3 is 0 Å². The number of carbonyl (C=O) groups is 3. The van der Waals surface area contributed by atoms with E-state index < -0.39 is 33.9 Å². The molecular formula is C26H25N3O5S. The van der Waals surface area contributed by atoms with E-state index in [0.717, 1.165) is 16.0 Å². The van der Waals surface area contributed by atoms with Gasteiger partial charge in [-0.1, -0.05) is 48.5 Å². The SMILES string of the molecule is Cc1ccccc1C(=O)N(C1CC(=O)N(c2ccc(S(N)(=O)=O)cc2)C1=O)C(C)c1ccccc1. The summed E-state index contributed by atoms with van der Waals surface area (Å²) >= 11 is 0. The molecule has 1 aliphatic rings. The lowest BCUT2D eigenvalue weighted by molar-refractivity contribution is -0.122. The van der Waals surface area contributed by atoms with Gasteiger partial charge in [-0.2, -0.15) is 0 Å². The van der Waals surface area contributed by atoms with Crippen LogP contribution in [0, 0.1) is 6.92 Å². The van der Waals surface area contributed by atoms with Crippen LogP contribution in [-0.4, -0.2) is 37.1 Å². The Hall–Kier alpha value is -3.82. The number of carbonyl (C=O) groups excluding carboxylic acids is 3. The second kappa shape index (κ2) is 9.44. The number of hydrogen-bond acceptors (Lipinski definition) is 5. The topological polar surface area (TPSA) is 118 Å². The molecule has 0 aliphatic carbocycles. The molecule has 8 nitrogen and oxygen atoms in total. The highest BCUT2D eigenvalue weighted by molar-refractivity contribution is 7.89. The molecule has 0 saturated carbocycles. The highest BCUT2D eigenvalue weighted by Crippen LogP contribution is 2.33. The molecule has 2 N–H and O–H groups in total. The molecule has 35 heavy (non-hydrogen) atoms. The molecule has 0 spiro atoms. The van der Waals surface area contributed by atoms with E-state index in [1.165, 1.54) is 29.2 Å². The lowest BCUT2D eigenvalue weighted by Gasteiger charge is -2.34. The lowest BCUT2D eigenvalue weighted by atomic mass is 10.0. The van der Waals surface area contributed by atoms with E-state index in [0.29, 0.717) is 5.56 Å². The van der Waals surface area contributed by atoms with Gasteiger partial charge in [0.15, 0.2) is 0 Å². The van der Waals surface area contributed by atoms with Crippen molar-refractivity contribution in [3.8, 4) is 0 Å². The van der Waals surface area contributed by atoms with Gasteiger partial charge < -0.3 is 4.90 Å². The summed E-state index contributed by atoms with van der Waals surface area (Å²) in [5, 5.41) is 5.15. The van der Waals surface area contributed by atoms with E-state index in [1.54, 1.807) is 12.1 Å². The molecule has 0 radical (unpaired) electrons. The van der Waals surface area contributed by atoms with E-state index in [4.69, 9.17) is 5.14 Å². The van der Waals surface area contributed by atoms with Gasteiger partial charge in [0.25, 0.3) is 11.8 Å². The Kier molecular flexibility index (Phi) is 6.56. The van der Waals surface area contributed by atoms with E-state index in [-0.39, 0.29) is 22.9 Å². The maximum Gasteiger partial charge on any atom is 0.257 e. The first-order valence-corrected chi connectivity index (χ1v) is 12.6. The second-order valence-electron chi connectivity index (χ2n) is 8.44. The van der Waals surface area contributed by atoms with E-state index >= 15 is 0 Å². The van der Waals surface area contributed by atoms with Crippen LogP contribution >= 0.6 is 0 Å². The maximum absolute atomic E-state index is 13.8. The number of amides is 3. The van der Waals surface area contributed by atoms with Crippen LogP contribution in [0.25, 0.3) is 0 Å². The summed E-state index contributed by atoms with van der Waals surface area (Å²) in [6, 6.07) is 20.1. The Morgan fingerprint density at radius 2 is 1.57 bits per heavy atom. The molecule has 9 heteroatoms. The van der Waals surface area contributed by atoms with Crippen LogP contribution < -0.4 is 10.0 Å². The number of imide groups is 1. The summed E-state index contributed by atoms with van der Waals surface area (Å²) in [6.45, 7) is 3.65. The number of primary sulfonamides is 1. The molecule has 1 fully saturated rings. The second-order valence-corrected chi connectivity index (χ2v) is 10.0. The lowest BCUT2D eigenvalue weighted by Crippen LogP contribution is -2.47. The number of nitrogens with two attached hydrogens (primary N) is 1. The summed E-state index contributed by atoms with van der Waals surface area (Å²) in [6.07, 6.45) is -0.190. The van der Waals surface area contributed by atoms with Crippen LogP contribution in [0.1, 0.15) is 40.9 Å². The summed E-state index contributed by atoms with van der Waals surface area (Å²) in [4.78, 5) is 42.7. The fraction of sp³-hybridized carbons (Fsp3) is 0.192. The molecule has 0 aromatic heterocycles. The largest absolute Gasteiger partial charge is 0.319 e. The molecule has 4 rings (SSSR count). The highest BCUT2D eigenvalue weighted by atomic mass is 32.2. The Morgan fingerprint density at radius 3 is 2.17 bits per heavy atom. The molecule has 1 saturated heterocycles. The number of benzene rings is 3. The van der Waals surface area contributed by atoms with Crippen molar-refractivity contribution >= 4 is 33.4 Å². The monoisotopic (exact) mass is 491 g/mol. The van der Waals surface area contributed by atoms with E-state index in [1.807, 2.05) is 56.3 Å². The van der Waals surface area contributed by atoms with Crippen LogP contribution in [-0.2, 0) is 19.6 Å². The average Bonchev–Trinajstić information content (AvgIpc) is 3.12. The first kappa shape index (κ1) is 24.3. The van der Waals surface area contributed by atoms with Crippen molar-refractivity contribution in [1.82, 2.24) is 4.90 Å². The van der Waals surface area contributed by atoms with Crippen LogP contribution in [0.2, 0.25) is 0 Å². The van der Waals surface area contributed by atoms with Gasteiger partial charge in [-0.25, -0.2) is 18.5 Å². The standard InChI is InChI=1S/C26H25N3O5S/c1-17-8-6-7-11-22(17)25(31)28(18(2)19-9-4-3-5-10-19)23-16-24(30)29(26(23)32)20-12-14-21(15-13-20)35(27,33)34/h3-15,18,23H,16H2,1-2H3,(H2,27,33,34). The molecule has 3 amide bonds. The van der Waals surface area contributed by atoms with Crippen molar-refractivity contribution in [2.45, 2.75) is 37.2 Å². The van der Waals surface area contributed by atoms with Crippen molar-refractivity contribution in [1.29, 1.82) is 0 Å². The van der Waals surface area contributed by atoms with Crippen molar-refractivity contribution in [3.63, 3.8) is 0 Å². The summed E-state index contributed by atoms with van der Waals surface area (Å²) in [5.74, 6) is -1.38. The maximum atomic E-state index is 13.8. The zero-order chi connectivity index (χ0) is 25.3. The third-order valence-corrected chi connectivity index (χ3v) is 7.12. The zero-order valence-corrected chi connectivity index (χ0v) is 20.1. The van der Waals surface area contributed by atoms with Gasteiger partial charge in [-0.3, -0.25) is 14.4 Å². The predicted molar refractivity (Wildman–Crippen MR) is 131 cm³/mol. The average molecular weight is 492 g/mol. The molecule has 2 atom stereocenters. The van der Waals surface area contributed by atoms with E-state index in [9.17, 15) is 22.8 Å². The molecule has 0 bridgehead atoms. The van der Waals surface area contributed by atoms with Crippen molar-refractivity contribution in [3.05, 3.63) is 95.6 Å². The van der Waals surface area contributed by atoms with Crippen LogP contribution in [0.3, 0.4) is 0 Å². The first-order chi connectivity index (χ1) is 16.6. The molecule has 1 aliphatic heterocycles. The van der Waals surface area contributed by atoms with Crippen LogP contribution in [0.4, 0.5) is 5.69 Å². The first-order valence-electron chi connectivity index (χ1n) is 11.0. The molecule has 3 aromatic carbocycles. The fourth-order valence-corrected chi connectivity index (χ4v) is 4.84. The number of rotatable bonds is 6. The van der Waals surface area contributed by atoms with Gasteiger partial charge in [-0.05, 0) is 55.3 Å². The molecule has 3 aromatic rings.